The number of rotatable bonds is 2. The Balaban J connectivity index is 1.81. The number of carbonyl (C=O) groups excluding carboxylic acids is 2. The van der Waals surface area contributed by atoms with Crippen LogP contribution in [-0.4, -0.2) is 36.1 Å². The van der Waals surface area contributed by atoms with Crippen LogP contribution in [-0.2, 0) is 9.53 Å². The highest BCUT2D eigenvalue weighted by Gasteiger charge is 2.37. The molecule has 2 N–H and O–H groups in total. The molecule has 2 amide bonds. The van der Waals surface area contributed by atoms with Crippen LogP contribution < -0.4 is 5.73 Å². The standard InChI is InChI=1S/C9H14N2O3/c10-9(13)14-7-3-4-11(5-7)8(12)6-1-2-6/h6-7H,1-5H2,(H2,10,13). The van der Waals surface area contributed by atoms with Crippen molar-refractivity contribution < 1.29 is 14.3 Å². The molecule has 0 aromatic carbocycles. The SMILES string of the molecule is NC(=O)OC1CCN(C(=O)C2CC2)C1. The molecule has 1 atom stereocenters. The van der Waals surface area contributed by atoms with Gasteiger partial charge in [0.05, 0.1) is 6.54 Å². The summed E-state index contributed by atoms with van der Waals surface area (Å²) >= 11 is 0. The van der Waals surface area contributed by atoms with Gasteiger partial charge in [-0.1, -0.05) is 0 Å². The first kappa shape index (κ1) is 9.30. The zero-order valence-corrected chi connectivity index (χ0v) is 7.94. The van der Waals surface area contributed by atoms with Gasteiger partial charge in [0, 0.05) is 18.9 Å². The Labute approximate surface area is 82.2 Å². The van der Waals surface area contributed by atoms with E-state index in [1.807, 2.05) is 0 Å². The summed E-state index contributed by atoms with van der Waals surface area (Å²) in [6.45, 7) is 1.20. The zero-order valence-electron chi connectivity index (χ0n) is 7.94. The molecule has 0 radical (unpaired) electrons. The Bertz CT molecular complexity index is 263. The highest BCUT2D eigenvalue weighted by Crippen LogP contribution is 2.32. The molecule has 1 aliphatic carbocycles. The molecule has 2 rings (SSSR count). The summed E-state index contributed by atoms with van der Waals surface area (Å²) in [5.74, 6) is 0.447. The van der Waals surface area contributed by atoms with Gasteiger partial charge < -0.3 is 15.4 Å². The minimum atomic E-state index is -0.754. The second kappa shape index (κ2) is 3.48. The molecule has 0 spiro atoms. The molecular formula is C9H14N2O3. The van der Waals surface area contributed by atoms with E-state index in [2.05, 4.69) is 0 Å². The van der Waals surface area contributed by atoms with E-state index in [0.29, 0.717) is 19.5 Å². The third-order valence-corrected chi connectivity index (χ3v) is 2.67. The maximum Gasteiger partial charge on any atom is 0.404 e. The molecule has 1 saturated carbocycles. The summed E-state index contributed by atoms with van der Waals surface area (Å²) in [6, 6.07) is 0. The van der Waals surface area contributed by atoms with E-state index in [1.54, 1.807) is 4.90 Å². The fraction of sp³-hybridized carbons (Fsp3) is 0.778. The maximum absolute atomic E-state index is 11.6. The smallest absolute Gasteiger partial charge is 0.404 e. The molecule has 1 saturated heterocycles. The highest BCUT2D eigenvalue weighted by atomic mass is 16.6. The summed E-state index contributed by atoms with van der Waals surface area (Å²) < 4.78 is 4.84. The van der Waals surface area contributed by atoms with Crippen LogP contribution in [0.25, 0.3) is 0 Å². The summed E-state index contributed by atoms with van der Waals surface area (Å²) in [4.78, 5) is 23.8. The molecule has 0 aromatic rings. The first-order valence-electron chi connectivity index (χ1n) is 4.91. The molecule has 1 unspecified atom stereocenters. The predicted molar refractivity (Wildman–Crippen MR) is 48.4 cm³/mol. The van der Waals surface area contributed by atoms with E-state index in [1.165, 1.54) is 0 Å². The van der Waals surface area contributed by atoms with Crippen molar-refractivity contribution in [2.75, 3.05) is 13.1 Å². The van der Waals surface area contributed by atoms with E-state index in [9.17, 15) is 9.59 Å². The third kappa shape index (κ3) is 1.97. The molecule has 78 valence electrons. The van der Waals surface area contributed by atoms with Crippen molar-refractivity contribution in [2.24, 2.45) is 11.7 Å². The van der Waals surface area contributed by atoms with Crippen LogP contribution in [0.1, 0.15) is 19.3 Å². The summed E-state index contributed by atoms with van der Waals surface area (Å²) in [6.07, 6.45) is 1.78. The van der Waals surface area contributed by atoms with E-state index in [-0.39, 0.29) is 17.9 Å². The van der Waals surface area contributed by atoms with Crippen molar-refractivity contribution >= 4 is 12.0 Å². The van der Waals surface area contributed by atoms with Crippen LogP contribution in [0.15, 0.2) is 0 Å². The Morgan fingerprint density at radius 1 is 1.29 bits per heavy atom. The molecular weight excluding hydrogens is 184 g/mol. The van der Waals surface area contributed by atoms with E-state index in [0.717, 1.165) is 12.8 Å². The van der Waals surface area contributed by atoms with E-state index in [4.69, 9.17) is 10.5 Å². The number of amides is 2. The van der Waals surface area contributed by atoms with Crippen molar-refractivity contribution in [3.63, 3.8) is 0 Å². The van der Waals surface area contributed by atoms with Crippen LogP contribution >= 0.6 is 0 Å². The minimum Gasteiger partial charge on any atom is -0.444 e. The number of nitrogens with zero attached hydrogens (tertiary/aromatic N) is 1. The number of ether oxygens (including phenoxy) is 1. The molecule has 0 aromatic heterocycles. The first-order valence-corrected chi connectivity index (χ1v) is 4.91. The second-order valence-electron chi connectivity index (χ2n) is 3.91. The number of nitrogens with two attached hydrogens (primary N) is 1. The minimum absolute atomic E-state index is 0.199. The van der Waals surface area contributed by atoms with Crippen molar-refractivity contribution in [1.82, 2.24) is 4.90 Å². The molecule has 2 fully saturated rings. The quantitative estimate of drug-likeness (QED) is 0.683. The Morgan fingerprint density at radius 2 is 2.00 bits per heavy atom. The van der Waals surface area contributed by atoms with Crippen LogP contribution in [0.2, 0.25) is 0 Å². The van der Waals surface area contributed by atoms with Gasteiger partial charge in [-0.05, 0) is 12.8 Å². The van der Waals surface area contributed by atoms with Crippen molar-refractivity contribution in [3.8, 4) is 0 Å². The maximum atomic E-state index is 11.6. The van der Waals surface area contributed by atoms with Crippen LogP contribution in [0, 0.1) is 5.92 Å². The van der Waals surface area contributed by atoms with Gasteiger partial charge in [-0.2, -0.15) is 0 Å². The monoisotopic (exact) mass is 198 g/mol. The lowest BCUT2D eigenvalue weighted by atomic mass is 10.3. The molecule has 0 bridgehead atoms. The Morgan fingerprint density at radius 3 is 2.57 bits per heavy atom. The largest absolute Gasteiger partial charge is 0.444 e. The molecule has 14 heavy (non-hydrogen) atoms. The van der Waals surface area contributed by atoms with Gasteiger partial charge in [-0.15, -0.1) is 0 Å². The second-order valence-corrected chi connectivity index (χ2v) is 3.91. The number of carbonyl (C=O) groups is 2. The average Bonchev–Trinajstić information content (AvgIpc) is 2.86. The number of primary amides is 1. The topological polar surface area (TPSA) is 72.6 Å². The summed E-state index contributed by atoms with van der Waals surface area (Å²) in [5, 5.41) is 0. The van der Waals surface area contributed by atoms with Crippen molar-refractivity contribution in [2.45, 2.75) is 25.4 Å². The lowest BCUT2D eigenvalue weighted by molar-refractivity contribution is -0.131. The molecule has 1 heterocycles. The van der Waals surface area contributed by atoms with E-state index >= 15 is 0 Å². The van der Waals surface area contributed by atoms with Gasteiger partial charge in [0.25, 0.3) is 0 Å². The lowest BCUT2D eigenvalue weighted by Gasteiger charge is -2.15. The highest BCUT2D eigenvalue weighted by molar-refractivity contribution is 5.81. The molecule has 5 heteroatoms. The van der Waals surface area contributed by atoms with Gasteiger partial charge in [-0.25, -0.2) is 4.79 Å². The van der Waals surface area contributed by atoms with Crippen LogP contribution in [0.3, 0.4) is 0 Å². The predicted octanol–water partition coefficient (Wildman–Crippen LogP) is 0.0926. The van der Waals surface area contributed by atoms with Gasteiger partial charge in [0.15, 0.2) is 0 Å². The van der Waals surface area contributed by atoms with Gasteiger partial charge in [-0.3, -0.25) is 4.79 Å². The summed E-state index contributed by atoms with van der Waals surface area (Å²) in [5.41, 5.74) is 4.90. The molecule has 2 aliphatic rings. The number of hydrogen-bond donors (Lipinski definition) is 1. The van der Waals surface area contributed by atoms with Crippen molar-refractivity contribution in [3.05, 3.63) is 0 Å². The van der Waals surface area contributed by atoms with Gasteiger partial charge in [0.2, 0.25) is 5.91 Å². The lowest BCUT2D eigenvalue weighted by Crippen LogP contribution is -2.32. The molecule has 5 nitrogen and oxygen atoms in total. The van der Waals surface area contributed by atoms with Crippen LogP contribution in [0.5, 0.6) is 0 Å². The number of hydrogen-bond acceptors (Lipinski definition) is 3. The molecule has 1 aliphatic heterocycles. The normalized spacial score (nSPS) is 26.3. The Hall–Kier alpha value is -1.26. The first-order chi connectivity index (χ1) is 6.66. The Kier molecular flexibility index (Phi) is 2.31. The van der Waals surface area contributed by atoms with E-state index < -0.39 is 6.09 Å². The fourth-order valence-electron chi connectivity index (χ4n) is 1.78. The third-order valence-electron chi connectivity index (χ3n) is 2.67. The van der Waals surface area contributed by atoms with Crippen LogP contribution in [0.4, 0.5) is 4.79 Å². The zero-order chi connectivity index (χ0) is 10.1. The fourth-order valence-corrected chi connectivity index (χ4v) is 1.78. The average molecular weight is 198 g/mol. The number of likely N-dealkylation sites (tertiary alicyclic amines) is 1. The van der Waals surface area contributed by atoms with Gasteiger partial charge >= 0.3 is 6.09 Å². The summed E-state index contributed by atoms with van der Waals surface area (Å²) in [7, 11) is 0. The van der Waals surface area contributed by atoms with Gasteiger partial charge in [0.1, 0.15) is 6.10 Å². The van der Waals surface area contributed by atoms with Crippen molar-refractivity contribution in [1.29, 1.82) is 0 Å².